The van der Waals surface area contributed by atoms with E-state index < -0.39 is 0 Å². The minimum Gasteiger partial charge on any atom is -0.360 e. The summed E-state index contributed by atoms with van der Waals surface area (Å²) in [5, 5.41) is 4.99. The van der Waals surface area contributed by atoms with Crippen LogP contribution in [0.4, 0.5) is 0 Å². The van der Waals surface area contributed by atoms with Gasteiger partial charge in [0.05, 0.1) is 0 Å². The molecule has 2 unspecified atom stereocenters. The number of aromatic nitrogens is 1. The molecule has 1 fully saturated rings. The molecule has 16 heavy (non-hydrogen) atoms. The Hall–Kier alpha value is -1.22. The number of rotatable bonds is 3. The van der Waals surface area contributed by atoms with Crippen LogP contribution in [-0.4, -0.2) is 11.4 Å². The maximum absolute atomic E-state index is 5.36. The van der Waals surface area contributed by atoms with Gasteiger partial charge in [-0.1, -0.05) is 35.5 Å². The van der Waals surface area contributed by atoms with Crippen molar-refractivity contribution in [3.05, 3.63) is 47.7 Å². The predicted molar refractivity (Wildman–Crippen MR) is 64.8 cm³/mol. The summed E-state index contributed by atoms with van der Waals surface area (Å²) < 4.78 is 5.36. The first kappa shape index (κ1) is 9.97. The second kappa shape index (κ2) is 3.98. The van der Waals surface area contributed by atoms with Gasteiger partial charge < -0.3 is 4.52 Å². The molecule has 0 aliphatic heterocycles. The molecule has 1 aromatic carbocycles. The van der Waals surface area contributed by atoms with Gasteiger partial charge in [0.15, 0.2) is 0 Å². The summed E-state index contributed by atoms with van der Waals surface area (Å²) in [6.45, 7) is 0. The van der Waals surface area contributed by atoms with Crippen LogP contribution >= 0.6 is 11.8 Å². The molecule has 2 aromatic rings. The van der Waals surface area contributed by atoms with E-state index in [1.807, 2.05) is 6.26 Å². The highest BCUT2D eigenvalue weighted by Crippen LogP contribution is 2.54. The van der Waals surface area contributed by atoms with Crippen LogP contribution in [-0.2, 0) is 0 Å². The average molecular weight is 231 g/mol. The second-order valence-corrected chi connectivity index (χ2v) is 4.96. The normalized spacial score (nSPS) is 23.3. The Balaban J connectivity index is 1.76. The highest BCUT2D eigenvalue weighted by molar-refractivity contribution is 7.98. The highest BCUT2D eigenvalue weighted by atomic mass is 32.2. The lowest BCUT2D eigenvalue weighted by Gasteiger charge is -1.96. The lowest BCUT2D eigenvalue weighted by atomic mass is 10.1. The second-order valence-electron chi connectivity index (χ2n) is 4.13. The molecule has 1 heterocycles. The fourth-order valence-electron chi connectivity index (χ4n) is 2.12. The SMILES string of the molecule is CSc1cc(C2CC2c2ccccc2)on1. The van der Waals surface area contributed by atoms with Crippen LogP contribution in [0.2, 0.25) is 0 Å². The number of hydrogen-bond donors (Lipinski definition) is 0. The smallest absolute Gasteiger partial charge is 0.141 e. The molecule has 2 atom stereocenters. The molecule has 0 radical (unpaired) electrons. The van der Waals surface area contributed by atoms with E-state index in [4.69, 9.17) is 4.52 Å². The number of benzene rings is 1. The van der Waals surface area contributed by atoms with Crippen LogP contribution in [0.3, 0.4) is 0 Å². The number of nitrogens with zero attached hydrogens (tertiary/aromatic N) is 1. The molecule has 3 rings (SSSR count). The third-order valence-electron chi connectivity index (χ3n) is 3.10. The van der Waals surface area contributed by atoms with Crippen molar-refractivity contribution in [2.45, 2.75) is 23.3 Å². The molecule has 1 aliphatic rings. The lowest BCUT2D eigenvalue weighted by molar-refractivity contribution is 0.370. The molecule has 3 heteroatoms. The summed E-state index contributed by atoms with van der Waals surface area (Å²) in [7, 11) is 0. The van der Waals surface area contributed by atoms with Crippen molar-refractivity contribution in [2.75, 3.05) is 6.26 Å². The molecule has 2 nitrogen and oxygen atoms in total. The van der Waals surface area contributed by atoms with Crippen molar-refractivity contribution in [2.24, 2.45) is 0 Å². The van der Waals surface area contributed by atoms with Crippen molar-refractivity contribution < 1.29 is 4.52 Å². The lowest BCUT2D eigenvalue weighted by Crippen LogP contribution is -1.81. The standard InChI is InChI=1S/C13H13NOS/c1-16-13-8-12(15-14-13)11-7-10(11)9-5-3-2-4-6-9/h2-6,8,10-11H,7H2,1H3. The first-order chi connectivity index (χ1) is 7.88. The van der Waals surface area contributed by atoms with Gasteiger partial charge in [-0.15, -0.1) is 11.8 Å². The van der Waals surface area contributed by atoms with Gasteiger partial charge in [-0.3, -0.25) is 0 Å². The molecule has 82 valence electrons. The Morgan fingerprint density at radius 2 is 2.06 bits per heavy atom. The Morgan fingerprint density at radius 3 is 2.75 bits per heavy atom. The van der Waals surface area contributed by atoms with E-state index in [1.54, 1.807) is 11.8 Å². The summed E-state index contributed by atoms with van der Waals surface area (Å²) in [4.78, 5) is 0. The fraction of sp³-hybridized carbons (Fsp3) is 0.308. The Labute approximate surface area is 99.0 Å². The van der Waals surface area contributed by atoms with E-state index in [0.717, 1.165) is 10.8 Å². The molecule has 0 spiro atoms. The van der Waals surface area contributed by atoms with E-state index in [-0.39, 0.29) is 0 Å². The Kier molecular flexibility index (Phi) is 2.48. The van der Waals surface area contributed by atoms with Crippen LogP contribution in [0.15, 0.2) is 45.9 Å². The molecule has 1 aliphatic carbocycles. The van der Waals surface area contributed by atoms with Crippen LogP contribution < -0.4 is 0 Å². The molecule has 0 amide bonds. The van der Waals surface area contributed by atoms with Gasteiger partial charge in [-0.2, -0.15) is 0 Å². The van der Waals surface area contributed by atoms with Gasteiger partial charge >= 0.3 is 0 Å². The maximum Gasteiger partial charge on any atom is 0.141 e. The van der Waals surface area contributed by atoms with E-state index in [9.17, 15) is 0 Å². The van der Waals surface area contributed by atoms with Gasteiger partial charge in [-0.25, -0.2) is 0 Å². The van der Waals surface area contributed by atoms with Crippen molar-refractivity contribution in [3.8, 4) is 0 Å². The summed E-state index contributed by atoms with van der Waals surface area (Å²) in [5.41, 5.74) is 1.41. The molecular weight excluding hydrogens is 218 g/mol. The van der Waals surface area contributed by atoms with Crippen molar-refractivity contribution >= 4 is 11.8 Å². The van der Waals surface area contributed by atoms with Crippen LogP contribution in [0.1, 0.15) is 29.6 Å². The zero-order valence-corrected chi connectivity index (χ0v) is 9.91. The Morgan fingerprint density at radius 1 is 1.25 bits per heavy atom. The summed E-state index contributed by atoms with van der Waals surface area (Å²) >= 11 is 1.63. The van der Waals surface area contributed by atoms with E-state index in [1.165, 1.54) is 12.0 Å². The molecule has 1 aromatic heterocycles. The Bertz CT molecular complexity index is 480. The van der Waals surface area contributed by atoms with Crippen LogP contribution in [0.5, 0.6) is 0 Å². The van der Waals surface area contributed by atoms with Gasteiger partial charge in [-0.05, 0) is 24.2 Å². The summed E-state index contributed by atoms with van der Waals surface area (Å²) in [6.07, 6.45) is 3.20. The molecule has 0 N–H and O–H groups in total. The van der Waals surface area contributed by atoms with Crippen molar-refractivity contribution in [1.82, 2.24) is 5.16 Å². The van der Waals surface area contributed by atoms with Gasteiger partial charge in [0.25, 0.3) is 0 Å². The van der Waals surface area contributed by atoms with Gasteiger partial charge in [0.1, 0.15) is 10.8 Å². The minimum atomic E-state index is 0.538. The van der Waals surface area contributed by atoms with Crippen molar-refractivity contribution in [3.63, 3.8) is 0 Å². The topological polar surface area (TPSA) is 26.0 Å². The number of hydrogen-bond acceptors (Lipinski definition) is 3. The third kappa shape index (κ3) is 1.76. The molecule has 1 saturated carbocycles. The molecule has 0 bridgehead atoms. The van der Waals surface area contributed by atoms with Crippen LogP contribution in [0, 0.1) is 0 Å². The first-order valence-electron chi connectivity index (χ1n) is 5.44. The zero-order valence-electron chi connectivity index (χ0n) is 9.09. The van der Waals surface area contributed by atoms with Gasteiger partial charge in [0, 0.05) is 12.0 Å². The average Bonchev–Trinajstić information content (AvgIpc) is 3.01. The quantitative estimate of drug-likeness (QED) is 0.754. The van der Waals surface area contributed by atoms with Gasteiger partial charge in [0.2, 0.25) is 0 Å². The maximum atomic E-state index is 5.36. The molecular formula is C13H13NOS. The highest BCUT2D eigenvalue weighted by Gasteiger charge is 2.42. The fourth-order valence-corrected chi connectivity index (χ4v) is 2.47. The largest absolute Gasteiger partial charge is 0.360 e. The first-order valence-corrected chi connectivity index (χ1v) is 6.66. The predicted octanol–water partition coefficient (Wildman–Crippen LogP) is 3.67. The van der Waals surface area contributed by atoms with E-state index in [2.05, 4.69) is 41.6 Å². The van der Waals surface area contributed by atoms with Crippen molar-refractivity contribution in [1.29, 1.82) is 0 Å². The third-order valence-corrected chi connectivity index (χ3v) is 3.71. The molecule has 0 saturated heterocycles. The number of thioether (sulfide) groups is 1. The summed E-state index contributed by atoms with van der Waals surface area (Å²) in [6, 6.07) is 12.7. The minimum absolute atomic E-state index is 0.538. The summed E-state index contributed by atoms with van der Waals surface area (Å²) in [5.74, 6) is 2.21. The zero-order chi connectivity index (χ0) is 11.0. The van der Waals surface area contributed by atoms with E-state index in [0.29, 0.717) is 11.8 Å². The van der Waals surface area contributed by atoms with Crippen LogP contribution in [0.25, 0.3) is 0 Å². The van der Waals surface area contributed by atoms with E-state index >= 15 is 0 Å². The monoisotopic (exact) mass is 231 g/mol.